The van der Waals surface area contributed by atoms with Crippen LogP contribution in [0.1, 0.15) is 30.6 Å². The first kappa shape index (κ1) is 15.5. The molecule has 1 aliphatic heterocycles. The van der Waals surface area contributed by atoms with Gasteiger partial charge >= 0.3 is 5.97 Å². The average Bonchev–Trinajstić information content (AvgIpc) is 2.84. The minimum absolute atomic E-state index is 0.108. The summed E-state index contributed by atoms with van der Waals surface area (Å²) < 4.78 is 26.9. The molecule has 1 saturated heterocycles. The lowest BCUT2D eigenvalue weighted by Gasteiger charge is -2.31. The maximum atomic E-state index is 12.5. The molecule has 20 heavy (non-hydrogen) atoms. The van der Waals surface area contributed by atoms with Crippen LogP contribution < -0.4 is 0 Å². The minimum atomic E-state index is -3.41. The van der Waals surface area contributed by atoms with E-state index in [4.69, 9.17) is 5.11 Å². The maximum Gasteiger partial charge on any atom is 0.303 e. The molecule has 0 aromatic carbocycles. The Hall–Kier alpha value is -0.920. The van der Waals surface area contributed by atoms with E-state index in [0.29, 0.717) is 23.7 Å². The third kappa shape index (κ3) is 3.59. The van der Waals surface area contributed by atoms with Crippen LogP contribution in [0.3, 0.4) is 0 Å². The molecule has 0 saturated carbocycles. The van der Waals surface area contributed by atoms with Crippen molar-refractivity contribution in [2.24, 2.45) is 5.92 Å². The van der Waals surface area contributed by atoms with Gasteiger partial charge in [0.1, 0.15) is 4.21 Å². The summed E-state index contributed by atoms with van der Waals surface area (Å²) >= 11 is 1.28. The predicted octanol–water partition coefficient (Wildman–Crippen LogP) is 2.32. The van der Waals surface area contributed by atoms with Crippen molar-refractivity contribution in [1.29, 1.82) is 0 Å². The molecule has 0 amide bonds. The molecular formula is C13H19NO4S2. The summed E-state index contributed by atoms with van der Waals surface area (Å²) in [6.07, 6.45) is 2.36. The number of rotatable bonds is 5. The van der Waals surface area contributed by atoms with Gasteiger partial charge in [0.15, 0.2) is 0 Å². The zero-order chi connectivity index (χ0) is 14.8. The lowest BCUT2D eigenvalue weighted by molar-refractivity contribution is -0.137. The van der Waals surface area contributed by atoms with Gasteiger partial charge < -0.3 is 5.11 Å². The second-order valence-corrected chi connectivity index (χ2v) is 8.62. The third-order valence-electron chi connectivity index (χ3n) is 3.56. The Kier molecular flexibility index (Phi) is 4.82. The van der Waals surface area contributed by atoms with Gasteiger partial charge in [0.2, 0.25) is 0 Å². The van der Waals surface area contributed by atoms with Crippen molar-refractivity contribution in [2.45, 2.75) is 36.8 Å². The molecule has 2 rings (SSSR count). The Morgan fingerprint density at radius 3 is 2.85 bits per heavy atom. The van der Waals surface area contributed by atoms with Crippen LogP contribution in [0.2, 0.25) is 0 Å². The molecule has 0 radical (unpaired) electrons. The van der Waals surface area contributed by atoms with Gasteiger partial charge in [-0.25, -0.2) is 8.42 Å². The number of nitrogens with zero attached hydrogens (tertiary/aromatic N) is 1. The largest absolute Gasteiger partial charge is 0.481 e. The topological polar surface area (TPSA) is 74.7 Å². The van der Waals surface area contributed by atoms with E-state index in [0.717, 1.165) is 17.7 Å². The van der Waals surface area contributed by atoms with E-state index in [2.05, 4.69) is 0 Å². The number of carbonyl (C=O) groups is 1. The number of carboxylic acids is 1. The predicted molar refractivity (Wildman–Crippen MR) is 77.4 cm³/mol. The van der Waals surface area contributed by atoms with Gasteiger partial charge in [-0.15, -0.1) is 11.3 Å². The Morgan fingerprint density at radius 1 is 1.50 bits per heavy atom. The van der Waals surface area contributed by atoms with Crippen LogP contribution in [0, 0.1) is 12.8 Å². The van der Waals surface area contributed by atoms with Crippen molar-refractivity contribution in [2.75, 3.05) is 13.1 Å². The molecule has 1 aliphatic rings. The molecule has 1 atom stereocenters. The molecule has 0 bridgehead atoms. The molecule has 2 heterocycles. The molecule has 1 aromatic heterocycles. The molecule has 0 spiro atoms. The normalized spacial score (nSPS) is 20.9. The molecule has 1 unspecified atom stereocenters. The van der Waals surface area contributed by atoms with E-state index in [9.17, 15) is 13.2 Å². The molecule has 1 fully saturated rings. The lowest BCUT2D eigenvalue weighted by Crippen LogP contribution is -2.39. The molecule has 1 N–H and O–H groups in total. The van der Waals surface area contributed by atoms with Crippen LogP contribution in [0.4, 0.5) is 0 Å². The number of piperidine rings is 1. The fraction of sp³-hybridized carbons (Fsp3) is 0.615. The monoisotopic (exact) mass is 317 g/mol. The number of aliphatic carboxylic acids is 1. The van der Waals surface area contributed by atoms with Gasteiger partial charge in [0, 0.05) is 24.4 Å². The number of carboxylic acid groups (broad SMARTS) is 1. The summed E-state index contributed by atoms with van der Waals surface area (Å²) in [7, 11) is -3.41. The van der Waals surface area contributed by atoms with Gasteiger partial charge in [-0.2, -0.15) is 4.31 Å². The molecule has 7 heteroatoms. The maximum absolute atomic E-state index is 12.5. The highest BCUT2D eigenvalue weighted by atomic mass is 32.2. The van der Waals surface area contributed by atoms with Crippen LogP contribution in [0.5, 0.6) is 0 Å². The zero-order valence-corrected chi connectivity index (χ0v) is 13.0. The van der Waals surface area contributed by atoms with Crippen LogP contribution in [0.15, 0.2) is 16.3 Å². The van der Waals surface area contributed by atoms with Gasteiger partial charge in [-0.05, 0) is 44.2 Å². The number of sulfonamides is 1. The van der Waals surface area contributed by atoms with Crippen molar-refractivity contribution in [3.05, 3.63) is 17.0 Å². The zero-order valence-electron chi connectivity index (χ0n) is 11.4. The molecule has 112 valence electrons. The van der Waals surface area contributed by atoms with Crippen molar-refractivity contribution in [1.82, 2.24) is 4.31 Å². The van der Waals surface area contributed by atoms with Gasteiger partial charge in [0.05, 0.1) is 0 Å². The van der Waals surface area contributed by atoms with Crippen molar-refractivity contribution in [3.8, 4) is 0 Å². The van der Waals surface area contributed by atoms with Crippen LogP contribution >= 0.6 is 11.3 Å². The first-order valence-corrected chi connectivity index (χ1v) is 8.93. The Morgan fingerprint density at radius 2 is 2.25 bits per heavy atom. The molecule has 1 aromatic rings. The summed E-state index contributed by atoms with van der Waals surface area (Å²) in [6.45, 7) is 2.85. The van der Waals surface area contributed by atoms with Crippen LogP contribution in [0.25, 0.3) is 0 Å². The van der Waals surface area contributed by atoms with Crippen LogP contribution in [-0.4, -0.2) is 36.9 Å². The molecule has 5 nitrogen and oxygen atoms in total. The van der Waals surface area contributed by atoms with Gasteiger partial charge in [0.25, 0.3) is 10.0 Å². The Bertz CT molecular complexity index is 579. The van der Waals surface area contributed by atoms with Gasteiger partial charge in [-0.1, -0.05) is 0 Å². The van der Waals surface area contributed by atoms with E-state index in [-0.39, 0.29) is 12.3 Å². The first-order chi connectivity index (χ1) is 9.39. The summed E-state index contributed by atoms with van der Waals surface area (Å²) in [4.78, 5) is 11.6. The fourth-order valence-corrected chi connectivity index (χ4v) is 5.48. The van der Waals surface area contributed by atoms with Crippen LogP contribution in [-0.2, 0) is 14.8 Å². The van der Waals surface area contributed by atoms with Gasteiger partial charge in [-0.3, -0.25) is 4.79 Å². The Labute approximate surface area is 123 Å². The SMILES string of the molecule is Cc1ccc(S(=O)(=O)N2CCCC(CCC(=O)O)C2)s1. The lowest BCUT2D eigenvalue weighted by atomic mass is 9.95. The highest BCUT2D eigenvalue weighted by molar-refractivity contribution is 7.91. The van der Waals surface area contributed by atoms with Crippen molar-refractivity contribution >= 4 is 27.3 Å². The molecule has 0 aliphatic carbocycles. The van der Waals surface area contributed by atoms with E-state index >= 15 is 0 Å². The molecular weight excluding hydrogens is 298 g/mol. The number of hydrogen-bond donors (Lipinski definition) is 1. The summed E-state index contributed by atoms with van der Waals surface area (Å²) in [5.74, 6) is -0.672. The number of thiophene rings is 1. The van der Waals surface area contributed by atoms with E-state index < -0.39 is 16.0 Å². The quantitative estimate of drug-likeness (QED) is 0.904. The highest BCUT2D eigenvalue weighted by Crippen LogP contribution is 2.29. The fourth-order valence-electron chi connectivity index (χ4n) is 2.49. The van der Waals surface area contributed by atoms with Crippen molar-refractivity contribution < 1.29 is 18.3 Å². The summed E-state index contributed by atoms with van der Waals surface area (Å²) in [5, 5.41) is 8.72. The third-order valence-corrected chi connectivity index (χ3v) is 6.89. The number of aryl methyl sites for hydroxylation is 1. The second-order valence-electron chi connectivity index (χ2n) is 5.17. The first-order valence-electron chi connectivity index (χ1n) is 6.68. The second kappa shape index (κ2) is 6.24. The highest BCUT2D eigenvalue weighted by Gasteiger charge is 2.31. The Balaban J connectivity index is 2.06. The smallest absolute Gasteiger partial charge is 0.303 e. The van der Waals surface area contributed by atoms with E-state index in [1.165, 1.54) is 15.6 Å². The standard InChI is InChI=1S/C13H19NO4S2/c1-10-4-7-13(19-10)20(17,18)14-8-2-3-11(9-14)5-6-12(15)16/h4,7,11H,2-3,5-6,8-9H2,1H3,(H,15,16). The number of hydrogen-bond acceptors (Lipinski definition) is 4. The summed E-state index contributed by atoms with van der Waals surface area (Å²) in [6, 6.07) is 3.46. The average molecular weight is 317 g/mol. The van der Waals surface area contributed by atoms with E-state index in [1.807, 2.05) is 13.0 Å². The summed E-state index contributed by atoms with van der Waals surface area (Å²) in [5.41, 5.74) is 0. The van der Waals surface area contributed by atoms with Crippen molar-refractivity contribution in [3.63, 3.8) is 0 Å². The minimum Gasteiger partial charge on any atom is -0.481 e. The van der Waals surface area contributed by atoms with E-state index in [1.54, 1.807) is 6.07 Å².